The van der Waals surface area contributed by atoms with Crippen molar-refractivity contribution in [2.45, 2.75) is 24.0 Å². The van der Waals surface area contributed by atoms with Crippen LogP contribution in [0.5, 0.6) is 0 Å². The van der Waals surface area contributed by atoms with Crippen LogP contribution >= 0.6 is 11.3 Å². The molecule has 22 heavy (non-hydrogen) atoms. The monoisotopic (exact) mass is 337 g/mol. The van der Waals surface area contributed by atoms with E-state index < -0.39 is 15.1 Å². The number of benzene rings is 1. The Morgan fingerprint density at radius 2 is 1.82 bits per heavy atom. The number of carbonyl (C=O) groups excluding carboxylic acids is 1. The first-order valence-corrected chi connectivity index (χ1v) is 9.45. The van der Waals surface area contributed by atoms with Gasteiger partial charge in [-0.15, -0.1) is 11.3 Å². The van der Waals surface area contributed by atoms with E-state index in [2.05, 4.69) is 5.32 Å². The Kier molecular flexibility index (Phi) is 5.37. The summed E-state index contributed by atoms with van der Waals surface area (Å²) in [6.45, 7) is 3.64. The van der Waals surface area contributed by atoms with Crippen LogP contribution < -0.4 is 5.32 Å². The average molecular weight is 337 g/mol. The van der Waals surface area contributed by atoms with Gasteiger partial charge in [0.25, 0.3) is 0 Å². The highest BCUT2D eigenvalue weighted by Crippen LogP contribution is 2.31. The Hall–Kier alpha value is -1.66. The van der Waals surface area contributed by atoms with Gasteiger partial charge in [-0.2, -0.15) is 0 Å². The van der Waals surface area contributed by atoms with Gasteiger partial charge in [0.05, 0.1) is 4.90 Å². The molecule has 0 aliphatic rings. The van der Waals surface area contributed by atoms with E-state index in [1.165, 1.54) is 11.3 Å². The molecule has 1 N–H and O–H groups in total. The molecular weight excluding hydrogens is 318 g/mol. The number of thiophene rings is 1. The Morgan fingerprint density at radius 3 is 2.36 bits per heavy atom. The molecule has 1 aromatic carbocycles. The highest BCUT2D eigenvalue weighted by atomic mass is 32.2. The third-order valence-corrected chi connectivity index (χ3v) is 6.53. The highest BCUT2D eigenvalue weighted by Gasteiger charge is 2.30. The van der Waals surface area contributed by atoms with Gasteiger partial charge in [0.15, 0.2) is 9.84 Å². The number of amides is 1. The second-order valence-electron chi connectivity index (χ2n) is 5.26. The average Bonchev–Trinajstić information content (AvgIpc) is 3.01. The Balaban J connectivity index is 2.31. The van der Waals surface area contributed by atoms with E-state index in [4.69, 9.17) is 0 Å². The van der Waals surface area contributed by atoms with Crippen LogP contribution in [0.15, 0.2) is 52.7 Å². The minimum absolute atomic E-state index is 0.0781. The zero-order valence-corrected chi connectivity index (χ0v) is 14.2. The molecule has 2 rings (SSSR count). The largest absolute Gasteiger partial charge is 0.354 e. The minimum atomic E-state index is -3.55. The number of sulfone groups is 1. The van der Waals surface area contributed by atoms with Crippen molar-refractivity contribution in [2.24, 2.45) is 5.92 Å². The van der Waals surface area contributed by atoms with Crippen molar-refractivity contribution in [1.29, 1.82) is 0 Å². The predicted octanol–water partition coefficient (Wildman–Crippen LogP) is 3.04. The Labute approximate surface area is 135 Å². The Bertz CT molecular complexity index is 707. The van der Waals surface area contributed by atoms with Crippen molar-refractivity contribution in [3.8, 4) is 0 Å². The number of carbonyl (C=O) groups is 1. The van der Waals surface area contributed by atoms with Crippen LogP contribution in [-0.4, -0.2) is 20.9 Å². The highest BCUT2D eigenvalue weighted by molar-refractivity contribution is 7.91. The quantitative estimate of drug-likeness (QED) is 0.881. The van der Waals surface area contributed by atoms with Gasteiger partial charge < -0.3 is 5.32 Å². The molecule has 118 valence electrons. The molecule has 6 heteroatoms. The van der Waals surface area contributed by atoms with Crippen LogP contribution in [0.3, 0.4) is 0 Å². The van der Waals surface area contributed by atoms with Gasteiger partial charge in [-0.05, 0) is 23.6 Å². The van der Waals surface area contributed by atoms with Crippen LogP contribution in [0.1, 0.15) is 24.0 Å². The first kappa shape index (κ1) is 16.7. The molecule has 0 bridgehead atoms. The summed E-state index contributed by atoms with van der Waals surface area (Å²) >= 11 is 1.38. The van der Waals surface area contributed by atoms with Crippen molar-refractivity contribution in [1.82, 2.24) is 5.32 Å². The molecule has 2 aromatic rings. The van der Waals surface area contributed by atoms with Crippen molar-refractivity contribution in [2.75, 3.05) is 6.54 Å². The topological polar surface area (TPSA) is 63.2 Å². The van der Waals surface area contributed by atoms with Crippen LogP contribution in [0.2, 0.25) is 0 Å². The molecule has 4 nitrogen and oxygen atoms in total. The normalized spacial score (nSPS) is 13.0. The molecular formula is C16H19NO3S2. The molecule has 0 saturated carbocycles. The molecule has 0 saturated heterocycles. The summed E-state index contributed by atoms with van der Waals surface area (Å²) in [5.41, 5.74) is 0. The molecule has 0 unspecified atom stereocenters. The number of hydrogen-bond acceptors (Lipinski definition) is 4. The predicted molar refractivity (Wildman–Crippen MR) is 88.5 cm³/mol. The lowest BCUT2D eigenvalue weighted by Gasteiger charge is -2.18. The van der Waals surface area contributed by atoms with Crippen molar-refractivity contribution < 1.29 is 13.2 Å². The summed E-state index contributed by atoms with van der Waals surface area (Å²) in [5, 5.41) is 3.81. The number of nitrogens with one attached hydrogen (secondary N) is 1. The summed E-state index contributed by atoms with van der Waals surface area (Å²) in [6.07, 6.45) is 0. The van der Waals surface area contributed by atoms with Gasteiger partial charge in [0.1, 0.15) is 5.25 Å². The van der Waals surface area contributed by atoms with E-state index in [0.717, 1.165) is 4.88 Å². The smallest absolute Gasteiger partial charge is 0.222 e. The standard InChI is InChI=1S/C16H19NO3S2/c1-12(2)16(18)17-11-15(14-9-6-10-21-14)22(19,20)13-7-4-3-5-8-13/h3-10,12,15H,11H2,1-2H3,(H,17,18)/t15-/m0/s1. The number of rotatable bonds is 6. The van der Waals surface area contributed by atoms with Gasteiger partial charge in [-0.3, -0.25) is 4.79 Å². The van der Waals surface area contributed by atoms with Gasteiger partial charge in [0, 0.05) is 17.3 Å². The SMILES string of the molecule is CC(C)C(=O)NC[C@@H](c1cccs1)S(=O)(=O)c1ccccc1. The molecule has 1 aromatic heterocycles. The summed E-state index contributed by atoms with van der Waals surface area (Å²) in [4.78, 5) is 12.8. The number of hydrogen-bond donors (Lipinski definition) is 1. The van der Waals surface area contributed by atoms with E-state index >= 15 is 0 Å². The van der Waals surface area contributed by atoms with Crippen LogP contribution in [0, 0.1) is 5.92 Å². The first-order valence-electron chi connectivity index (χ1n) is 7.03. The molecule has 1 amide bonds. The molecule has 0 aliphatic heterocycles. The van der Waals surface area contributed by atoms with E-state index in [9.17, 15) is 13.2 Å². The second-order valence-corrected chi connectivity index (χ2v) is 8.37. The Morgan fingerprint density at radius 1 is 1.14 bits per heavy atom. The summed E-state index contributed by atoms with van der Waals surface area (Å²) < 4.78 is 25.7. The van der Waals surface area contributed by atoms with Crippen molar-refractivity contribution in [3.63, 3.8) is 0 Å². The van der Waals surface area contributed by atoms with Gasteiger partial charge in [0.2, 0.25) is 5.91 Å². The third kappa shape index (κ3) is 3.75. The fraction of sp³-hybridized carbons (Fsp3) is 0.312. The maximum Gasteiger partial charge on any atom is 0.222 e. The van der Waals surface area contributed by atoms with Gasteiger partial charge in [-0.1, -0.05) is 38.1 Å². The van der Waals surface area contributed by atoms with Crippen LogP contribution in [0.4, 0.5) is 0 Å². The van der Waals surface area contributed by atoms with Gasteiger partial charge in [-0.25, -0.2) is 8.42 Å². The maximum atomic E-state index is 12.9. The molecule has 0 fully saturated rings. The molecule has 0 spiro atoms. The lowest BCUT2D eigenvalue weighted by atomic mass is 10.2. The van der Waals surface area contributed by atoms with E-state index in [-0.39, 0.29) is 23.3 Å². The maximum absolute atomic E-state index is 12.9. The summed E-state index contributed by atoms with van der Waals surface area (Å²) in [7, 11) is -3.55. The molecule has 1 atom stereocenters. The van der Waals surface area contributed by atoms with E-state index in [1.807, 2.05) is 11.4 Å². The van der Waals surface area contributed by atoms with Crippen molar-refractivity contribution >= 4 is 27.1 Å². The summed E-state index contributed by atoms with van der Waals surface area (Å²) in [6, 6.07) is 11.9. The minimum Gasteiger partial charge on any atom is -0.354 e. The van der Waals surface area contributed by atoms with Crippen LogP contribution in [0.25, 0.3) is 0 Å². The lowest BCUT2D eigenvalue weighted by Crippen LogP contribution is -2.34. The lowest BCUT2D eigenvalue weighted by molar-refractivity contribution is -0.123. The van der Waals surface area contributed by atoms with Gasteiger partial charge >= 0.3 is 0 Å². The van der Waals surface area contributed by atoms with E-state index in [1.54, 1.807) is 50.2 Å². The fourth-order valence-electron chi connectivity index (χ4n) is 2.01. The van der Waals surface area contributed by atoms with Crippen LogP contribution in [-0.2, 0) is 14.6 Å². The molecule has 0 aliphatic carbocycles. The second kappa shape index (κ2) is 7.07. The van der Waals surface area contributed by atoms with Crippen molar-refractivity contribution in [3.05, 3.63) is 52.7 Å². The first-order chi connectivity index (χ1) is 10.4. The molecule has 1 heterocycles. The molecule has 0 radical (unpaired) electrons. The summed E-state index contributed by atoms with van der Waals surface area (Å²) in [5.74, 6) is -0.326. The zero-order chi connectivity index (χ0) is 16.2. The van der Waals surface area contributed by atoms with E-state index in [0.29, 0.717) is 0 Å². The third-order valence-electron chi connectivity index (χ3n) is 3.29. The zero-order valence-electron chi connectivity index (χ0n) is 12.5. The fourth-order valence-corrected chi connectivity index (χ4v) is 4.81.